The van der Waals surface area contributed by atoms with E-state index < -0.39 is 0 Å². The highest BCUT2D eigenvalue weighted by Crippen LogP contribution is 2.30. The fourth-order valence-electron chi connectivity index (χ4n) is 3.07. The van der Waals surface area contributed by atoms with Crippen LogP contribution >= 0.6 is 0 Å². The van der Waals surface area contributed by atoms with Gasteiger partial charge in [0.15, 0.2) is 5.78 Å². The second-order valence-corrected chi connectivity index (χ2v) is 6.06. The molecule has 0 saturated heterocycles. The van der Waals surface area contributed by atoms with Crippen molar-refractivity contribution in [3.05, 3.63) is 115 Å². The van der Waals surface area contributed by atoms with E-state index in [2.05, 4.69) is 23.2 Å². The molecule has 3 aromatic carbocycles. The SMILES string of the molecule is O=C(c1ccncc1)c1cc(-c2ccccc2)ccc1-c1ccccc1. The fourth-order valence-corrected chi connectivity index (χ4v) is 3.07. The number of pyridine rings is 1. The van der Waals surface area contributed by atoms with E-state index in [0.717, 1.165) is 22.3 Å². The summed E-state index contributed by atoms with van der Waals surface area (Å²) in [5.74, 6) is 0.00374. The molecule has 4 aromatic rings. The van der Waals surface area contributed by atoms with Crippen molar-refractivity contribution in [1.82, 2.24) is 4.98 Å². The minimum Gasteiger partial charge on any atom is -0.289 e. The fraction of sp³-hybridized carbons (Fsp3) is 0. The lowest BCUT2D eigenvalue weighted by molar-refractivity contribution is 0.103. The maximum atomic E-state index is 13.2. The van der Waals surface area contributed by atoms with Crippen LogP contribution in [0.15, 0.2) is 103 Å². The van der Waals surface area contributed by atoms with E-state index >= 15 is 0 Å². The first-order valence-corrected chi connectivity index (χ1v) is 8.52. The summed E-state index contributed by atoms with van der Waals surface area (Å²) in [6, 6.07) is 29.7. The number of rotatable bonds is 4. The maximum Gasteiger partial charge on any atom is 0.193 e. The number of hydrogen-bond acceptors (Lipinski definition) is 2. The molecular weight excluding hydrogens is 318 g/mol. The van der Waals surface area contributed by atoms with E-state index in [1.165, 1.54) is 0 Å². The predicted molar refractivity (Wildman–Crippen MR) is 105 cm³/mol. The molecule has 0 fully saturated rings. The zero-order valence-electron chi connectivity index (χ0n) is 14.2. The second-order valence-electron chi connectivity index (χ2n) is 6.06. The van der Waals surface area contributed by atoms with Crippen LogP contribution in [0.1, 0.15) is 15.9 Å². The van der Waals surface area contributed by atoms with Gasteiger partial charge in [-0.25, -0.2) is 0 Å². The lowest BCUT2D eigenvalue weighted by Crippen LogP contribution is -2.04. The number of nitrogens with zero attached hydrogens (tertiary/aromatic N) is 1. The van der Waals surface area contributed by atoms with Gasteiger partial charge in [-0.3, -0.25) is 9.78 Å². The molecule has 0 atom stereocenters. The van der Waals surface area contributed by atoms with Gasteiger partial charge < -0.3 is 0 Å². The molecule has 2 heteroatoms. The van der Waals surface area contributed by atoms with Gasteiger partial charge in [0.25, 0.3) is 0 Å². The highest BCUT2D eigenvalue weighted by atomic mass is 16.1. The van der Waals surface area contributed by atoms with E-state index in [-0.39, 0.29) is 5.78 Å². The Labute approximate surface area is 152 Å². The Kier molecular flexibility index (Phi) is 4.40. The highest BCUT2D eigenvalue weighted by molar-refractivity contribution is 6.13. The molecule has 0 aliphatic rings. The molecule has 2 nitrogen and oxygen atoms in total. The van der Waals surface area contributed by atoms with Gasteiger partial charge in [-0.05, 0) is 40.5 Å². The molecule has 4 rings (SSSR count). The van der Waals surface area contributed by atoms with Crippen LogP contribution in [0, 0.1) is 0 Å². The Morgan fingerprint density at radius 3 is 1.88 bits per heavy atom. The van der Waals surface area contributed by atoms with Crippen molar-refractivity contribution in [3.63, 3.8) is 0 Å². The van der Waals surface area contributed by atoms with Crippen LogP contribution in [0.25, 0.3) is 22.3 Å². The van der Waals surface area contributed by atoms with Gasteiger partial charge in [0.05, 0.1) is 0 Å². The number of carbonyl (C=O) groups is 1. The Hall–Kier alpha value is -3.52. The van der Waals surface area contributed by atoms with Crippen LogP contribution in [0.5, 0.6) is 0 Å². The Balaban J connectivity index is 1.89. The average Bonchev–Trinajstić information content (AvgIpc) is 2.75. The van der Waals surface area contributed by atoms with Crippen molar-refractivity contribution in [1.29, 1.82) is 0 Å². The van der Waals surface area contributed by atoms with Crippen LogP contribution in [0.3, 0.4) is 0 Å². The molecule has 0 saturated carbocycles. The Morgan fingerprint density at radius 2 is 1.23 bits per heavy atom. The number of aromatic nitrogens is 1. The predicted octanol–water partition coefficient (Wildman–Crippen LogP) is 5.65. The summed E-state index contributed by atoms with van der Waals surface area (Å²) in [6.45, 7) is 0. The summed E-state index contributed by atoms with van der Waals surface area (Å²) in [6.07, 6.45) is 3.30. The monoisotopic (exact) mass is 335 g/mol. The van der Waals surface area contributed by atoms with E-state index in [1.54, 1.807) is 24.5 Å². The van der Waals surface area contributed by atoms with Crippen LogP contribution < -0.4 is 0 Å². The lowest BCUT2D eigenvalue weighted by atomic mass is 9.91. The molecule has 0 N–H and O–H groups in total. The van der Waals surface area contributed by atoms with Gasteiger partial charge in [0.1, 0.15) is 0 Å². The average molecular weight is 335 g/mol. The smallest absolute Gasteiger partial charge is 0.193 e. The molecule has 0 spiro atoms. The molecule has 0 radical (unpaired) electrons. The minimum absolute atomic E-state index is 0.00374. The molecule has 0 bridgehead atoms. The molecule has 1 aromatic heterocycles. The summed E-state index contributed by atoms with van der Waals surface area (Å²) < 4.78 is 0. The van der Waals surface area contributed by atoms with Crippen molar-refractivity contribution in [2.75, 3.05) is 0 Å². The third-order valence-electron chi connectivity index (χ3n) is 4.40. The summed E-state index contributed by atoms with van der Waals surface area (Å²) in [5.41, 5.74) is 5.43. The zero-order chi connectivity index (χ0) is 17.8. The van der Waals surface area contributed by atoms with E-state index in [4.69, 9.17) is 0 Å². The largest absolute Gasteiger partial charge is 0.289 e. The molecule has 124 valence electrons. The van der Waals surface area contributed by atoms with E-state index in [0.29, 0.717) is 11.1 Å². The van der Waals surface area contributed by atoms with Crippen LogP contribution in [0.4, 0.5) is 0 Å². The molecule has 0 aliphatic carbocycles. The number of benzene rings is 3. The lowest BCUT2D eigenvalue weighted by Gasteiger charge is -2.12. The summed E-state index contributed by atoms with van der Waals surface area (Å²) in [7, 11) is 0. The van der Waals surface area contributed by atoms with E-state index in [9.17, 15) is 4.79 Å². The van der Waals surface area contributed by atoms with Crippen LogP contribution in [-0.4, -0.2) is 10.8 Å². The standard InChI is InChI=1S/C24H17NO/c26-24(20-13-15-25-16-14-20)23-17-21(18-7-3-1-4-8-18)11-12-22(23)19-9-5-2-6-10-19/h1-17H. The molecular formula is C24H17NO. The molecule has 26 heavy (non-hydrogen) atoms. The number of ketones is 1. The number of carbonyl (C=O) groups excluding carboxylic acids is 1. The van der Waals surface area contributed by atoms with Crippen molar-refractivity contribution < 1.29 is 4.79 Å². The first-order valence-electron chi connectivity index (χ1n) is 8.52. The summed E-state index contributed by atoms with van der Waals surface area (Å²) in [4.78, 5) is 17.2. The number of hydrogen-bond donors (Lipinski definition) is 0. The van der Waals surface area contributed by atoms with Gasteiger partial charge in [-0.1, -0.05) is 72.8 Å². The first kappa shape index (κ1) is 16.0. The van der Waals surface area contributed by atoms with Gasteiger partial charge in [-0.2, -0.15) is 0 Å². The first-order chi connectivity index (χ1) is 12.8. The maximum absolute atomic E-state index is 13.2. The zero-order valence-corrected chi connectivity index (χ0v) is 14.2. The summed E-state index contributed by atoms with van der Waals surface area (Å²) in [5, 5.41) is 0. The van der Waals surface area contributed by atoms with Gasteiger partial charge in [0, 0.05) is 23.5 Å². The van der Waals surface area contributed by atoms with Crippen molar-refractivity contribution >= 4 is 5.78 Å². The second kappa shape index (κ2) is 7.16. The normalized spacial score (nSPS) is 10.5. The summed E-state index contributed by atoms with van der Waals surface area (Å²) >= 11 is 0. The Morgan fingerprint density at radius 1 is 0.615 bits per heavy atom. The van der Waals surface area contributed by atoms with E-state index in [1.807, 2.05) is 60.7 Å². The quantitative estimate of drug-likeness (QED) is 0.451. The van der Waals surface area contributed by atoms with Crippen molar-refractivity contribution in [3.8, 4) is 22.3 Å². The topological polar surface area (TPSA) is 30.0 Å². The molecule has 0 amide bonds. The Bertz CT molecular complexity index is 1030. The third kappa shape index (κ3) is 3.17. The molecule has 0 unspecified atom stereocenters. The van der Waals surface area contributed by atoms with Crippen LogP contribution in [-0.2, 0) is 0 Å². The van der Waals surface area contributed by atoms with Crippen LogP contribution in [0.2, 0.25) is 0 Å². The molecule has 0 aliphatic heterocycles. The third-order valence-corrected chi connectivity index (χ3v) is 4.40. The van der Waals surface area contributed by atoms with Gasteiger partial charge >= 0.3 is 0 Å². The van der Waals surface area contributed by atoms with Crippen molar-refractivity contribution in [2.45, 2.75) is 0 Å². The molecule has 1 heterocycles. The van der Waals surface area contributed by atoms with Gasteiger partial charge in [-0.15, -0.1) is 0 Å². The highest BCUT2D eigenvalue weighted by Gasteiger charge is 2.16. The minimum atomic E-state index is 0.00374. The van der Waals surface area contributed by atoms with Crippen molar-refractivity contribution in [2.24, 2.45) is 0 Å². The van der Waals surface area contributed by atoms with Gasteiger partial charge in [0.2, 0.25) is 0 Å².